The van der Waals surface area contributed by atoms with Gasteiger partial charge in [0.2, 0.25) is 5.91 Å². The highest BCUT2D eigenvalue weighted by Gasteiger charge is 2.48. The van der Waals surface area contributed by atoms with E-state index in [2.05, 4.69) is 5.32 Å². The zero-order chi connectivity index (χ0) is 20.0. The molecule has 0 spiro atoms. The Morgan fingerprint density at radius 3 is 2.72 bits per heavy atom. The molecule has 1 aliphatic carbocycles. The van der Waals surface area contributed by atoms with Crippen molar-refractivity contribution in [3.05, 3.63) is 59.1 Å². The molecule has 29 heavy (non-hydrogen) atoms. The van der Waals surface area contributed by atoms with E-state index in [4.69, 9.17) is 0 Å². The minimum Gasteiger partial charge on any atom is -0.351 e. The van der Waals surface area contributed by atoms with Gasteiger partial charge in [-0.1, -0.05) is 43.2 Å². The molecule has 1 aromatic carbocycles. The van der Waals surface area contributed by atoms with Crippen LogP contribution in [0.4, 0.5) is 0 Å². The van der Waals surface area contributed by atoms with Crippen molar-refractivity contribution in [2.75, 3.05) is 0 Å². The molecule has 0 radical (unpaired) electrons. The second kappa shape index (κ2) is 7.02. The normalized spacial score (nSPS) is 22.2. The summed E-state index contributed by atoms with van der Waals surface area (Å²) >= 11 is 1.62. The molecule has 3 heterocycles. The SMILES string of the molecule is CC1(C(=O)NC2CCCC2)Cn2c(cc3ccsc32)C(=O)N1Cc1ccccc1. The summed E-state index contributed by atoms with van der Waals surface area (Å²) in [5.74, 6) is -0.120. The topological polar surface area (TPSA) is 54.3 Å². The van der Waals surface area contributed by atoms with Crippen LogP contribution in [0.25, 0.3) is 10.2 Å². The van der Waals surface area contributed by atoms with E-state index < -0.39 is 5.54 Å². The van der Waals surface area contributed by atoms with Gasteiger partial charge in [-0.3, -0.25) is 9.59 Å². The maximum atomic E-state index is 13.6. The van der Waals surface area contributed by atoms with E-state index in [1.165, 1.54) is 0 Å². The molecule has 0 bridgehead atoms. The summed E-state index contributed by atoms with van der Waals surface area (Å²) in [6, 6.07) is 14.1. The van der Waals surface area contributed by atoms with Gasteiger partial charge in [0.25, 0.3) is 5.91 Å². The van der Waals surface area contributed by atoms with Gasteiger partial charge in [0.1, 0.15) is 16.1 Å². The highest BCUT2D eigenvalue weighted by molar-refractivity contribution is 7.16. The van der Waals surface area contributed by atoms with E-state index in [0.717, 1.165) is 41.5 Å². The van der Waals surface area contributed by atoms with E-state index in [1.54, 1.807) is 16.2 Å². The zero-order valence-corrected chi connectivity index (χ0v) is 17.4. The average molecular weight is 408 g/mol. The first-order chi connectivity index (χ1) is 14.1. The minimum absolute atomic E-state index is 0.0438. The van der Waals surface area contributed by atoms with E-state index >= 15 is 0 Å². The maximum absolute atomic E-state index is 13.6. The monoisotopic (exact) mass is 407 g/mol. The van der Waals surface area contributed by atoms with Crippen LogP contribution in [0.2, 0.25) is 0 Å². The third-order valence-electron chi connectivity index (χ3n) is 6.39. The van der Waals surface area contributed by atoms with Gasteiger partial charge in [-0.25, -0.2) is 0 Å². The number of benzene rings is 1. The lowest BCUT2D eigenvalue weighted by Gasteiger charge is -2.44. The Morgan fingerprint density at radius 1 is 1.21 bits per heavy atom. The lowest BCUT2D eigenvalue weighted by atomic mass is 9.93. The van der Waals surface area contributed by atoms with E-state index in [9.17, 15) is 9.59 Å². The predicted molar refractivity (Wildman–Crippen MR) is 115 cm³/mol. The fourth-order valence-corrected chi connectivity index (χ4v) is 5.58. The number of amides is 2. The molecule has 0 saturated heterocycles. The molecular weight excluding hydrogens is 382 g/mol. The van der Waals surface area contributed by atoms with Gasteiger partial charge in [0.15, 0.2) is 0 Å². The van der Waals surface area contributed by atoms with Crippen LogP contribution in [0.3, 0.4) is 0 Å². The first-order valence-corrected chi connectivity index (χ1v) is 11.2. The maximum Gasteiger partial charge on any atom is 0.271 e. The van der Waals surface area contributed by atoms with Crippen molar-refractivity contribution in [3.8, 4) is 0 Å². The van der Waals surface area contributed by atoms with Crippen molar-refractivity contribution in [1.29, 1.82) is 0 Å². The standard InChI is InChI=1S/C23H25N3O2S/c1-23(22(28)24-18-9-5-6-10-18)15-25-19(13-17-11-12-29-21(17)25)20(27)26(23)14-16-7-3-2-4-8-16/h2-4,7-8,11-13,18H,5-6,9-10,14-15H2,1H3,(H,24,28). The smallest absolute Gasteiger partial charge is 0.271 e. The Kier molecular flexibility index (Phi) is 4.46. The molecule has 5 nitrogen and oxygen atoms in total. The zero-order valence-electron chi connectivity index (χ0n) is 16.6. The molecule has 3 aromatic rings. The first-order valence-electron chi connectivity index (χ1n) is 10.3. The largest absolute Gasteiger partial charge is 0.351 e. The van der Waals surface area contributed by atoms with Gasteiger partial charge in [-0.2, -0.15) is 0 Å². The van der Waals surface area contributed by atoms with Crippen LogP contribution >= 0.6 is 11.3 Å². The number of carbonyl (C=O) groups is 2. The van der Waals surface area contributed by atoms with Crippen LogP contribution in [-0.2, 0) is 17.9 Å². The number of rotatable bonds is 4. The van der Waals surface area contributed by atoms with E-state index in [0.29, 0.717) is 18.8 Å². The second-order valence-electron chi connectivity index (χ2n) is 8.40. The molecule has 1 aliphatic heterocycles. The van der Waals surface area contributed by atoms with Gasteiger partial charge in [-0.15, -0.1) is 11.3 Å². The Hall–Kier alpha value is -2.60. The summed E-state index contributed by atoms with van der Waals surface area (Å²) in [6.45, 7) is 2.82. The van der Waals surface area contributed by atoms with Gasteiger partial charge < -0.3 is 14.8 Å². The number of fused-ring (bicyclic) bond motifs is 3. The Balaban J connectivity index is 1.55. The summed E-state index contributed by atoms with van der Waals surface area (Å²) in [4.78, 5) is 29.9. The van der Waals surface area contributed by atoms with Crippen LogP contribution in [-0.4, -0.2) is 32.9 Å². The number of hydrogen-bond acceptors (Lipinski definition) is 3. The highest BCUT2D eigenvalue weighted by atomic mass is 32.1. The average Bonchev–Trinajstić information content (AvgIpc) is 3.45. The second-order valence-corrected chi connectivity index (χ2v) is 9.30. The molecule has 6 heteroatoms. The third kappa shape index (κ3) is 3.06. The summed E-state index contributed by atoms with van der Waals surface area (Å²) in [5, 5.41) is 6.35. The summed E-state index contributed by atoms with van der Waals surface area (Å²) in [5.41, 5.74) is 0.773. The number of nitrogens with one attached hydrogen (secondary N) is 1. The van der Waals surface area contributed by atoms with Gasteiger partial charge >= 0.3 is 0 Å². The van der Waals surface area contributed by atoms with Crippen molar-refractivity contribution >= 4 is 33.4 Å². The van der Waals surface area contributed by atoms with Crippen LogP contribution in [0.1, 0.15) is 48.7 Å². The summed E-state index contributed by atoms with van der Waals surface area (Å²) < 4.78 is 2.04. The molecule has 1 saturated carbocycles. The van der Waals surface area contributed by atoms with E-state index in [1.807, 2.05) is 59.3 Å². The number of carbonyl (C=O) groups excluding carboxylic acids is 2. The minimum atomic E-state index is -0.932. The van der Waals surface area contributed by atoms with Crippen LogP contribution < -0.4 is 5.32 Å². The van der Waals surface area contributed by atoms with Crippen molar-refractivity contribution in [2.45, 2.75) is 57.3 Å². The fraction of sp³-hybridized carbons (Fsp3) is 0.391. The molecule has 2 aliphatic rings. The number of nitrogens with zero attached hydrogens (tertiary/aromatic N) is 2. The number of aromatic nitrogens is 1. The molecule has 1 atom stereocenters. The Bertz CT molecular complexity index is 1060. The molecule has 150 valence electrons. The molecule has 2 aromatic heterocycles. The molecule has 1 fully saturated rings. The van der Waals surface area contributed by atoms with Crippen LogP contribution in [0.15, 0.2) is 47.8 Å². The number of thiophene rings is 1. The van der Waals surface area contributed by atoms with E-state index in [-0.39, 0.29) is 17.9 Å². The predicted octanol–water partition coefficient (Wildman–Crippen LogP) is 4.18. The Labute approximate surface area is 174 Å². The van der Waals surface area contributed by atoms with Crippen molar-refractivity contribution in [1.82, 2.24) is 14.8 Å². The first kappa shape index (κ1) is 18.4. The third-order valence-corrected chi connectivity index (χ3v) is 7.34. The molecular formula is C23H25N3O2S. The summed E-state index contributed by atoms with van der Waals surface area (Å²) in [6.07, 6.45) is 4.37. The van der Waals surface area contributed by atoms with Crippen LogP contribution in [0.5, 0.6) is 0 Å². The molecule has 5 rings (SSSR count). The van der Waals surface area contributed by atoms with Gasteiger partial charge in [-0.05, 0) is 42.8 Å². The van der Waals surface area contributed by atoms with Gasteiger partial charge in [0.05, 0.1) is 6.54 Å². The van der Waals surface area contributed by atoms with Crippen LogP contribution in [0, 0.1) is 0 Å². The Morgan fingerprint density at radius 2 is 1.97 bits per heavy atom. The van der Waals surface area contributed by atoms with Crippen molar-refractivity contribution in [2.24, 2.45) is 0 Å². The lowest BCUT2D eigenvalue weighted by molar-refractivity contribution is -0.133. The molecule has 1 unspecified atom stereocenters. The van der Waals surface area contributed by atoms with Crippen molar-refractivity contribution < 1.29 is 9.59 Å². The summed E-state index contributed by atoms with van der Waals surface area (Å²) in [7, 11) is 0. The molecule has 2 amide bonds. The number of hydrogen-bond donors (Lipinski definition) is 1. The molecule has 1 N–H and O–H groups in total. The van der Waals surface area contributed by atoms with Gasteiger partial charge in [0, 0.05) is 18.0 Å². The lowest BCUT2D eigenvalue weighted by Crippen LogP contribution is -2.64. The highest BCUT2D eigenvalue weighted by Crippen LogP contribution is 2.35. The quantitative estimate of drug-likeness (QED) is 0.706. The fourth-order valence-electron chi connectivity index (χ4n) is 4.68. The van der Waals surface area contributed by atoms with Crippen molar-refractivity contribution in [3.63, 3.8) is 0 Å².